The molecule has 0 heterocycles. The molecular weight excluding hydrogens is 392 g/mol. The van der Waals surface area contributed by atoms with Crippen LogP contribution in [0, 0.1) is 0 Å². The third kappa shape index (κ3) is 8.24. The molecule has 5 nitrogen and oxygen atoms in total. The van der Waals surface area contributed by atoms with Gasteiger partial charge in [-0.1, -0.05) is 72.8 Å². The second-order valence-electron chi connectivity index (χ2n) is 5.52. The van der Waals surface area contributed by atoms with Crippen LogP contribution >= 0.6 is 11.6 Å². The second-order valence-corrected chi connectivity index (χ2v) is 5.89. The van der Waals surface area contributed by atoms with Crippen molar-refractivity contribution in [1.29, 1.82) is 0 Å². The van der Waals surface area contributed by atoms with Gasteiger partial charge in [0.15, 0.2) is 0 Å². The van der Waals surface area contributed by atoms with Crippen LogP contribution in [0.5, 0.6) is 0 Å². The van der Waals surface area contributed by atoms with E-state index < -0.39 is 17.2 Å². The first-order chi connectivity index (χ1) is 14.1. The Bertz CT molecular complexity index is 903. The van der Waals surface area contributed by atoms with Crippen LogP contribution in [0.1, 0.15) is 26.3 Å². The third-order valence-corrected chi connectivity index (χ3v) is 3.54. The van der Waals surface area contributed by atoms with Crippen LogP contribution in [0.25, 0.3) is 6.08 Å². The van der Waals surface area contributed by atoms with Gasteiger partial charge in [0, 0.05) is 0 Å². The van der Waals surface area contributed by atoms with Gasteiger partial charge in [-0.15, -0.1) is 0 Å². The van der Waals surface area contributed by atoms with E-state index in [1.165, 1.54) is 6.08 Å². The zero-order valence-corrected chi connectivity index (χ0v) is 16.0. The Hall–Kier alpha value is -3.70. The summed E-state index contributed by atoms with van der Waals surface area (Å²) in [6, 6.07) is 26.1. The normalized spacial score (nSPS) is 9.83. The summed E-state index contributed by atoms with van der Waals surface area (Å²) in [4.78, 5) is 42.2. The maximum Gasteiger partial charge on any atom is 0.386 e. The highest BCUT2D eigenvalue weighted by atomic mass is 35.5. The summed E-state index contributed by atoms with van der Waals surface area (Å²) in [7, 11) is 0. The van der Waals surface area contributed by atoms with Crippen molar-refractivity contribution >= 4 is 34.9 Å². The lowest BCUT2D eigenvalue weighted by Crippen LogP contribution is -2.11. The third-order valence-electron chi connectivity index (χ3n) is 3.42. The van der Waals surface area contributed by atoms with Gasteiger partial charge in [0.25, 0.3) is 0 Å². The van der Waals surface area contributed by atoms with E-state index in [-0.39, 0.29) is 0 Å². The SMILES string of the molecule is O=C(Cl)C=Cc1ccccc1.O=C(OOC(=O)c1ccccc1)c1ccccc1. The lowest BCUT2D eigenvalue weighted by atomic mass is 10.2. The smallest absolute Gasteiger partial charge is 0.276 e. The number of carbonyl (C=O) groups is 3. The van der Waals surface area contributed by atoms with Crippen molar-refractivity contribution in [3.8, 4) is 0 Å². The van der Waals surface area contributed by atoms with Gasteiger partial charge in [0.2, 0.25) is 5.24 Å². The van der Waals surface area contributed by atoms with E-state index in [4.69, 9.17) is 11.6 Å². The minimum absolute atomic E-state index is 0.318. The minimum atomic E-state index is -0.708. The number of rotatable bonds is 4. The fourth-order valence-electron chi connectivity index (χ4n) is 2.05. The van der Waals surface area contributed by atoms with Gasteiger partial charge in [-0.05, 0) is 47.5 Å². The van der Waals surface area contributed by atoms with E-state index in [1.807, 2.05) is 30.3 Å². The van der Waals surface area contributed by atoms with Crippen molar-refractivity contribution in [2.24, 2.45) is 0 Å². The lowest BCUT2D eigenvalue weighted by Gasteiger charge is -2.02. The first-order valence-electron chi connectivity index (χ1n) is 8.52. The average Bonchev–Trinajstić information content (AvgIpc) is 2.78. The largest absolute Gasteiger partial charge is 0.386 e. The monoisotopic (exact) mass is 408 g/mol. The Kier molecular flexibility index (Phi) is 8.86. The van der Waals surface area contributed by atoms with Crippen LogP contribution < -0.4 is 0 Å². The van der Waals surface area contributed by atoms with E-state index in [9.17, 15) is 14.4 Å². The molecule has 0 aliphatic heterocycles. The molecule has 0 radical (unpaired) electrons. The molecule has 0 fully saturated rings. The first-order valence-corrected chi connectivity index (χ1v) is 8.90. The molecule has 0 spiro atoms. The second kappa shape index (κ2) is 11.9. The molecule has 0 aromatic heterocycles. The maximum absolute atomic E-state index is 11.5. The van der Waals surface area contributed by atoms with Gasteiger partial charge in [-0.3, -0.25) is 4.79 Å². The maximum atomic E-state index is 11.5. The zero-order chi connectivity index (χ0) is 20.9. The van der Waals surface area contributed by atoms with Crippen molar-refractivity contribution in [1.82, 2.24) is 0 Å². The fraction of sp³-hybridized carbons (Fsp3) is 0. The summed E-state index contributed by atoms with van der Waals surface area (Å²) in [5.41, 5.74) is 1.61. The molecule has 6 heteroatoms. The summed E-state index contributed by atoms with van der Waals surface area (Å²) >= 11 is 5.10. The predicted molar refractivity (Wildman–Crippen MR) is 110 cm³/mol. The summed E-state index contributed by atoms with van der Waals surface area (Å²) in [6.45, 7) is 0. The Morgan fingerprint density at radius 1 is 0.621 bits per heavy atom. The van der Waals surface area contributed by atoms with Crippen molar-refractivity contribution in [3.05, 3.63) is 114 Å². The van der Waals surface area contributed by atoms with Crippen LogP contribution in [-0.2, 0) is 14.6 Å². The van der Waals surface area contributed by atoms with Crippen molar-refractivity contribution in [2.45, 2.75) is 0 Å². The highest BCUT2D eigenvalue weighted by molar-refractivity contribution is 6.66. The zero-order valence-electron chi connectivity index (χ0n) is 15.2. The number of hydrogen-bond donors (Lipinski definition) is 0. The van der Waals surface area contributed by atoms with Crippen LogP contribution in [-0.4, -0.2) is 17.2 Å². The molecule has 3 rings (SSSR count). The number of hydrogen-bond acceptors (Lipinski definition) is 5. The first kappa shape index (κ1) is 21.6. The quantitative estimate of drug-likeness (QED) is 0.260. The standard InChI is InChI=1S/C14H10O4.C9H7ClO/c15-13(11-7-3-1-4-8-11)17-18-14(16)12-9-5-2-6-10-12;10-9(11)7-6-8-4-2-1-3-5-8/h1-10H;1-7H. The van der Waals surface area contributed by atoms with Gasteiger partial charge in [0.1, 0.15) is 0 Å². The van der Waals surface area contributed by atoms with Gasteiger partial charge in [-0.2, -0.15) is 0 Å². The number of benzene rings is 3. The minimum Gasteiger partial charge on any atom is -0.276 e. The number of carbonyl (C=O) groups excluding carboxylic acids is 3. The summed E-state index contributed by atoms with van der Waals surface area (Å²) in [6.07, 6.45) is 3.01. The van der Waals surface area contributed by atoms with E-state index in [0.29, 0.717) is 11.1 Å². The number of allylic oxidation sites excluding steroid dienone is 1. The molecule has 146 valence electrons. The van der Waals surface area contributed by atoms with Gasteiger partial charge >= 0.3 is 11.9 Å². The van der Waals surface area contributed by atoms with Gasteiger partial charge < -0.3 is 0 Å². The van der Waals surface area contributed by atoms with Gasteiger partial charge in [0.05, 0.1) is 11.1 Å². The molecule has 3 aromatic carbocycles. The van der Waals surface area contributed by atoms with Crippen molar-refractivity contribution in [2.75, 3.05) is 0 Å². The molecule has 0 amide bonds. The van der Waals surface area contributed by atoms with Crippen LogP contribution in [0.2, 0.25) is 0 Å². The molecule has 0 saturated heterocycles. The average molecular weight is 409 g/mol. The van der Waals surface area contributed by atoms with Gasteiger partial charge in [-0.25, -0.2) is 19.4 Å². The molecule has 0 bridgehead atoms. The highest BCUT2D eigenvalue weighted by Crippen LogP contribution is 2.05. The molecule has 0 aliphatic carbocycles. The van der Waals surface area contributed by atoms with E-state index in [0.717, 1.165) is 5.56 Å². The van der Waals surface area contributed by atoms with Crippen molar-refractivity contribution < 1.29 is 24.2 Å². The molecule has 0 unspecified atom stereocenters. The van der Waals surface area contributed by atoms with Crippen LogP contribution in [0.3, 0.4) is 0 Å². The molecule has 0 atom stereocenters. The van der Waals surface area contributed by atoms with Crippen LogP contribution in [0.4, 0.5) is 0 Å². The molecule has 29 heavy (non-hydrogen) atoms. The molecule has 0 N–H and O–H groups in total. The summed E-state index contributed by atoms with van der Waals surface area (Å²) in [5, 5.41) is -0.450. The predicted octanol–water partition coefficient (Wildman–Crippen LogP) is 5.08. The topological polar surface area (TPSA) is 69.7 Å². The summed E-state index contributed by atoms with van der Waals surface area (Å²) in [5.74, 6) is -1.42. The lowest BCUT2D eigenvalue weighted by molar-refractivity contribution is -0.187. The molecular formula is C23H17ClO5. The van der Waals surface area contributed by atoms with E-state index in [1.54, 1.807) is 66.7 Å². The highest BCUT2D eigenvalue weighted by Gasteiger charge is 2.12. The molecule has 0 aliphatic rings. The van der Waals surface area contributed by atoms with Crippen LogP contribution in [0.15, 0.2) is 97.1 Å². The Balaban J connectivity index is 0.000000234. The summed E-state index contributed by atoms with van der Waals surface area (Å²) < 4.78 is 0. The van der Waals surface area contributed by atoms with E-state index >= 15 is 0 Å². The van der Waals surface area contributed by atoms with E-state index in [2.05, 4.69) is 9.78 Å². The van der Waals surface area contributed by atoms with Crippen molar-refractivity contribution in [3.63, 3.8) is 0 Å². The fourth-order valence-corrected chi connectivity index (χ4v) is 2.11. The number of halogens is 1. The molecule has 3 aromatic rings. The Morgan fingerprint density at radius 2 is 1.00 bits per heavy atom. The Labute approximate surface area is 173 Å². The molecule has 0 saturated carbocycles. The Morgan fingerprint density at radius 3 is 1.38 bits per heavy atom.